The standard InChI is InChI=1S/C21H22F3N3O3/c22-21(23,24)15-3-5-19(25-12-15)27-9-7-16(8-10-27)26-20(28)6-2-14-1-4-17-18(11-14)30-13-29-17/h1,3-5,11-12,16H,2,6-10,13H2,(H,26,28). The fraction of sp³-hybridized carbons (Fsp3) is 0.429. The molecule has 0 spiro atoms. The third-order valence-corrected chi connectivity index (χ3v) is 5.34. The number of nitrogens with one attached hydrogen (secondary N) is 1. The molecule has 0 saturated carbocycles. The van der Waals surface area contributed by atoms with Crippen LogP contribution in [-0.2, 0) is 17.4 Å². The van der Waals surface area contributed by atoms with Crippen molar-refractivity contribution in [3.8, 4) is 11.5 Å². The molecule has 2 aliphatic rings. The molecule has 0 unspecified atom stereocenters. The number of rotatable bonds is 5. The van der Waals surface area contributed by atoms with Crippen molar-refractivity contribution >= 4 is 11.7 Å². The smallest absolute Gasteiger partial charge is 0.417 e. The van der Waals surface area contributed by atoms with Gasteiger partial charge in [-0.3, -0.25) is 4.79 Å². The van der Waals surface area contributed by atoms with Crippen LogP contribution in [0.2, 0.25) is 0 Å². The van der Waals surface area contributed by atoms with Crippen molar-refractivity contribution in [3.05, 3.63) is 47.7 Å². The number of aryl methyl sites for hydroxylation is 1. The van der Waals surface area contributed by atoms with Crippen molar-refractivity contribution in [2.24, 2.45) is 0 Å². The molecule has 1 aromatic carbocycles. The first kappa shape index (κ1) is 20.3. The lowest BCUT2D eigenvalue weighted by Gasteiger charge is -2.33. The molecule has 1 amide bonds. The van der Waals surface area contributed by atoms with E-state index in [0.717, 1.165) is 36.4 Å². The highest BCUT2D eigenvalue weighted by atomic mass is 19.4. The monoisotopic (exact) mass is 421 g/mol. The molecular formula is C21H22F3N3O3. The maximum absolute atomic E-state index is 12.7. The molecule has 4 rings (SSSR count). The Kier molecular flexibility index (Phi) is 5.69. The summed E-state index contributed by atoms with van der Waals surface area (Å²) in [6.45, 7) is 1.48. The van der Waals surface area contributed by atoms with Crippen molar-refractivity contribution in [3.63, 3.8) is 0 Å². The van der Waals surface area contributed by atoms with Gasteiger partial charge in [0.15, 0.2) is 11.5 Å². The third-order valence-electron chi connectivity index (χ3n) is 5.34. The number of benzene rings is 1. The number of halogens is 3. The Morgan fingerprint density at radius 2 is 1.90 bits per heavy atom. The van der Waals surface area contributed by atoms with E-state index < -0.39 is 11.7 Å². The average molecular weight is 421 g/mol. The number of nitrogens with zero attached hydrogens (tertiary/aromatic N) is 2. The summed E-state index contributed by atoms with van der Waals surface area (Å²) in [7, 11) is 0. The van der Waals surface area contributed by atoms with Gasteiger partial charge in [0.2, 0.25) is 12.7 Å². The van der Waals surface area contributed by atoms with Crippen LogP contribution in [0.5, 0.6) is 11.5 Å². The van der Waals surface area contributed by atoms with Gasteiger partial charge in [-0.1, -0.05) is 6.07 Å². The van der Waals surface area contributed by atoms with Crippen molar-refractivity contribution in [1.82, 2.24) is 10.3 Å². The van der Waals surface area contributed by atoms with Gasteiger partial charge in [-0.15, -0.1) is 0 Å². The van der Waals surface area contributed by atoms with Gasteiger partial charge in [0, 0.05) is 31.7 Å². The minimum atomic E-state index is -4.39. The SMILES string of the molecule is O=C(CCc1ccc2c(c1)OCO2)NC1CCN(c2ccc(C(F)(F)F)cn2)CC1. The number of piperidine rings is 1. The van der Waals surface area contributed by atoms with Crippen LogP contribution >= 0.6 is 0 Å². The van der Waals surface area contributed by atoms with E-state index in [-0.39, 0.29) is 18.7 Å². The zero-order chi connectivity index (χ0) is 21.1. The highest BCUT2D eigenvalue weighted by molar-refractivity contribution is 5.76. The average Bonchev–Trinajstić information content (AvgIpc) is 3.20. The molecular weight excluding hydrogens is 399 g/mol. The van der Waals surface area contributed by atoms with Crippen molar-refractivity contribution in [2.75, 3.05) is 24.8 Å². The molecule has 30 heavy (non-hydrogen) atoms. The van der Waals surface area contributed by atoms with Gasteiger partial charge in [-0.25, -0.2) is 4.98 Å². The third kappa shape index (κ3) is 4.77. The molecule has 160 valence electrons. The number of alkyl halides is 3. The molecule has 2 aromatic rings. The fourth-order valence-corrected chi connectivity index (χ4v) is 3.65. The quantitative estimate of drug-likeness (QED) is 0.800. The zero-order valence-electron chi connectivity index (χ0n) is 16.2. The second-order valence-corrected chi connectivity index (χ2v) is 7.42. The van der Waals surface area contributed by atoms with Gasteiger partial charge < -0.3 is 19.7 Å². The minimum absolute atomic E-state index is 0.0150. The number of anilines is 1. The number of ether oxygens (including phenoxy) is 2. The van der Waals surface area contributed by atoms with Crippen LogP contribution in [0, 0.1) is 0 Å². The van der Waals surface area contributed by atoms with Crippen LogP contribution in [0.3, 0.4) is 0 Å². The predicted molar refractivity (Wildman–Crippen MR) is 104 cm³/mol. The van der Waals surface area contributed by atoms with E-state index >= 15 is 0 Å². The highest BCUT2D eigenvalue weighted by Crippen LogP contribution is 2.33. The Morgan fingerprint density at radius 1 is 1.13 bits per heavy atom. The Morgan fingerprint density at radius 3 is 2.60 bits per heavy atom. The number of aromatic nitrogens is 1. The summed E-state index contributed by atoms with van der Waals surface area (Å²) >= 11 is 0. The molecule has 0 radical (unpaired) electrons. The predicted octanol–water partition coefficient (Wildman–Crippen LogP) is 3.55. The van der Waals surface area contributed by atoms with Crippen LogP contribution in [0.25, 0.3) is 0 Å². The molecule has 3 heterocycles. The number of hydrogen-bond donors (Lipinski definition) is 1. The van der Waals surface area contributed by atoms with Crippen LogP contribution in [0.1, 0.15) is 30.4 Å². The summed E-state index contributed by atoms with van der Waals surface area (Å²) < 4.78 is 48.6. The van der Waals surface area contributed by atoms with Crippen LogP contribution < -0.4 is 19.7 Å². The lowest BCUT2D eigenvalue weighted by molar-refractivity contribution is -0.137. The normalized spacial score (nSPS) is 16.6. The highest BCUT2D eigenvalue weighted by Gasteiger charge is 2.31. The van der Waals surface area contributed by atoms with Crippen LogP contribution in [0.15, 0.2) is 36.5 Å². The molecule has 6 nitrogen and oxygen atoms in total. The molecule has 1 fully saturated rings. The van der Waals surface area contributed by atoms with E-state index in [1.807, 2.05) is 23.1 Å². The maximum Gasteiger partial charge on any atom is 0.417 e. The zero-order valence-corrected chi connectivity index (χ0v) is 16.2. The molecule has 9 heteroatoms. The number of carbonyl (C=O) groups excluding carboxylic acids is 1. The summed E-state index contributed by atoms with van der Waals surface area (Å²) in [4.78, 5) is 18.2. The van der Waals surface area contributed by atoms with Crippen LogP contribution in [-0.4, -0.2) is 36.8 Å². The lowest BCUT2D eigenvalue weighted by Crippen LogP contribution is -2.45. The molecule has 0 bridgehead atoms. The van der Waals surface area contributed by atoms with Gasteiger partial charge in [0.25, 0.3) is 0 Å². The van der Waals surface area contributed by atoms with E-state index in [4.69, 9.17) is 9.47 Å². The Bertz CT molecular complexity index is 895. The van der Waals surface area contributed by atoms with Gasteiger partial charge in [0.1, 0.15) is 5.82 Å². The van der Waals surface area contributed by atoms with E-state index in [9.17, 15) is 18.0 Å². The van der Waals surface area contributed by atoms with E-state index in [1.165, 1.54) is 6.07 Å². The Hall–Kier alpha value is -2.97. The van der Waals surface area contributed by atoms with Gasteiger partial charge in [0.05, 0.1) is 5.56 Å². The first-order valence-corrected chi connectivity index (χ1v) is 9.84. The largest absolute Gasteiger partial charge is 0.454 e. The van der Waals surface area contributed by atoms with Crippen LogP contribution in [0.4, 0.5) is 19.0 Å². The van der Waals surface area contributed by atoms with Gasteiger partial charge >= 0.3 is 6.18 Å². The first-order chi connectivity index (χ1) is 14.4. The van der Waals surface area contributed by atoms with Crippen molar-refractivity contribution in [2.45, 2.75) is 37.9 Å². The lowest BCUT2D eigenvalue weighted by atomic mass is 10.0. The van der Waals surface area contributed by atoms with Crippen molar-refractivity contribution < 1.29 is 27.4 Å². The summed E-state index contributed by atoms with van der Waals surface area (Å²) in [6, 6.07) is 8.17. The number of amides is 1. The van der Waals surface area contributed by atoms with E-state index in [1.54, 1.807) is 0 Å². The molecule has 1 N–H and O–H groups in total. The van der Waals surface area contributed by atoms with E-state index in [0.29, 0.717) is 37.5 Å². The maximum atomic E-state index is 12.7. The number of fused-ring (bicyclic) bond motifs is 1. The van der Waals surface area contributed by atoms with E-state index in [2.05, 4.69) is 10.3 Å². The molecule has 1 saturated heterocycles. The second kappa shape index (κ2) is 8.41. The molecule has 0 aliphatic carbocycles. The summed E-state index contributed by atoms with van der Waals surface area (Å²) in [5.41, 5.74) is 0.258. The molecule has 2 aliphatic heterocycles. The summed E-state index contributed by atoms with van der Waals surface area (Å²) in [5.74, 6) is 1.93. The number of hydrogen-bond acceptors (Lipinski definition) is 5. The number of pyridine rings is 1. The first-order valence-electron chi connectivity index (χ1n) is 9.84. The number of carbonyl (C=O) groups is 1. The Balaban J connectivity index is 1.22. The Labute approximate surface area is 172 Å². The van der Waals surface area contributed by atoms with Gasteiger partial charge in [-0.2, -0.15) is 13.2 Å². The summed E-state index contributed by atoms with van der Waals surface area (Å²) in [5, 5.41) is 3.05. The van der Waals surface area contributed by atoms with Gasteiger partial charge in [-0.05, 0) is 49.1 Å². The molecule has 1 aromatic heterocycles. The summed E-state index contributed by atoms with van der Waals surface area (Å²) in [6.07, 6.45) is -1.10. The second-order valence-electron chi connectivity index (χ2n) is 7.42. The van der Waals surface area contributed by atoms with Crippen molar-refractivity contribution in [1.29, 1.82) is 0 Å². The fourth-order valence-electron chi connectivity index (χ4n) is 3.65. The topological polar surface area (TPSA) is 63.7 Å². The molecule has 0 atom stereocenters. The minimum Gasteiger partial charge on any atom is -0.454 e.